The van der Waals surface area contributed by atoms with Crippen molar-refractivity contribution in [1.82, 2.24) is 0 Å². The van der Waals surface area contributed by atoms with Gasteiger partial charge in [0.1, 0.15) is 0 Å². The smallest absolute Gasteiger partial charge is 0.303 e. The van der Waals surface area contributed by atoms with Crippen LogP contribution in [0.5, 0.6) is 0 Å². The summed E-state index contributed by atoms with van der Waals surface area (Å²) in [5, 5.41) is 19.2. The van der Waals surface area contributed by atoms with Crippen LogP contribution in [-0.4, -0.2) is 22.3 Å². The molecule has 8 unspecified atom stereocenters. The number of hydrogen-bond acceptors (Lipinski definition) is 2. The Hall–Kier alpha value is -0.830. The lowest BCUT2D eigenvalue weighted by Crippen LogP contribution is -2.52. The van der Waals surface area contributed by atoms with Crippen LogP contribution in [0.25, 0.3) is 0 Å². The van der Waals surface area contributed by atoms with Gasteiger partial charge in [0.2, 0.25) is 0 Å². The molecule has 4 aliphatic carbocycles. The number of fused-ring (bicyclic) bond motifs is 5. The number of carboxylic acid groups (broad SMARTS) is 1. The molecule has 0 aromatic heterocycles. The summed E-state index contributed by atoms with van der Waals surface area (Å²) in [7, 11) is 0. The lowest BCUT2D eigenvalue weighted by molar-refractivity contribution is -0.137. The summed E-state index contributed by atoms with van der Waals surface area (Å²) in [6, 6.07) is 0. The summed E-state index contributed by atoms with van der Waals surface area (Å²) >= 11 is 0. The topological polar surface area (TPSA) is 57.5 Å². The van der Waals surface area contributed by atoms with Crippen LogP contribution in [0.3, 0.4) is 0 Å². The first-order valence-electron chi connectivity index (χ1n) is 11.3. The van der Waals surface area contributed by atoms with Crippen molar-refractivity contribution in [3.63, 3.8) is 0 Å². The average Bonchev–Trinajstić information content (AvgIpc) is 2.97. The highest BCUT2D eigenvalue weighted by atomic mass is 16.4. The molecule has 4 rings (SSSR count). The van der Waals surface area contributed by atoms with Crippen molar-refractivity contribution in [3.8, 4) is 0 Å². The monoisotopic (exact) mass is 374 g/mol. The molecule has 0 aromatic carbocycles. The highest BCUT2D eigenvalue weighted by molar-refractivity contribution is 5.66. The van der Waals surface area contributed by atoms with E-state index in [9.17, 15) is 9.90 Å². The minimum absolute atomic E-state index is 0.107. The Bertz CT molecular complexity index is 613. The second-order valence-electron chi connectivity index (χ2n) is 10.9. The fourth-order valence-electron chi connectivity index (χ4n) is 8.12. The molecule has 3 saturated carbocycles. The normalized spacial score (nSPS) is 49.8. The first kappa shape index (κ1) is 19.5. The van der Waals surface area contributed by atoms with E-state index < -0.39 is 5.97 Å². The zero-order valence-corrected chi connectivity index (χ0v) is 17.4. The Balaban J connectivity index is 1.55. The predicted octanol–water partition coefficient (Wildman–Crippen LogP) is 5.28. The van der Waals surface area contributed by atoms with Gasteiger partial charge >= 0.3 is 5.97 Å². The third-order valence-corrected chi connectivity index (χ3v) is 9.71. The molecule has 0 heterocycles. The van der Waals surface area contributed by atoms with Crippen molar-refractivity contribution in [1.29, 1.82) is 0 Å². The summed E-state index contributed by atoms with van der Waals surface area (Å²) < 4.78 is 0. The molecular formula is C24H38O3. The van der Waals surface area contributed by atoms with E-state index in [2.05, 4.69) is 32.9 Å². The molecule has 0 bridgehead atoms. The van der Waals surface area contributed by atoms with Crippen molar-refractivity contribution in [2.75, 3.05) is 0 Å². The number of allylic oxidation sites excluding steroid dienone is 2. The van der Waals surface area contributed by atoms with E-state index in [1.807, 2.05) is 0 Å². The second-order valence-corrected chi connectivity index (χ2v) is 10.9. The van der Waals surface area contributed by atoms with Crippen LogP contribution in [0.4, 0.5) is 0 Å². The maximum atomic E-state index is 11.0. The molecule has 3 heteroatoms. The quantitative estimate of drug-likeness (QED) is 0.658. The van der Waals surface area contributed by atoms with Gasteiger partial charge in [0.15, 0.2) is 0 Å². The van der Waals surface area contributed by atoms with Crippen LogP contribution in [0.2, 0.25) is 0 Å². The maximum Gasteiger partial charge on any atom is 0.303 e. The van der Waals surface area contributed by atoms with Gasteiger partial charge in [-0.1, -0.05) is 32.9 Å². The van der Waals surface area contributed by atoms with Crippen molar-refractivity contribution >= 4 is 5.97 Å². The fourth-order valence-corrected chi connectivity index (χ4v) is 8.12. The highest BCUT2D eigenvalue weighted by Gasteiger charge is 2.59. The van der Waals surface area contributed by atoms with Crippen molar-refractivity contribution < 1.29 is 15.0 Å². The van der Waals surface area contributed by atoms with E-state index in [4.69, 9.17) is 5.11 Å². The van der Waals surface area contributed by atoms with Gasteiger partial charge in [-0.05, 0) is 97.7 Å². The minimum atomic E-state index is -0.654. The van der Waals surface area contributed by atoms with Crippen molar-refractivity contribution in [2.24, 2.45) is 46.3 Å². The number of aliphatic carboxylic acids is 1. The van der Waals surface area contributed by atoms with Gasteiger partial charge in [-0.3, -0.25) is 4.79 Å². The van der Waals surface area contributed by atoms with Crippen LogP contribution >= 0.6 is 0 Å². The lowest BCUT2D eigenvalue weighted by atomic mass is 9.46. The van der Waals surface area contributed by atoms with Gasteiger partial charge < -0.3 is 10.2 Å². The van der Waals surface area contributed by atoms with Crippen LogP contribution in [0.15, 0.2) is 12.2 Å². The molecule has 2 N–H and O–H groups in total. The molecule has 0 saturated heterocycles. The van der Waals surface area contributed by atoms with Gasteiger partial charge in [0.25, 0.3) is 0 Å². The second kappa shape index (κ2) is 6.90. The fraction of sp³-hybridized carbons (Fsp3) is 0.875. The zero-order chi connectivity index (χ0) is 19.4. The van der Waals surface area contributed by atoms with E-state index >= 15 is 0 Å². The molecule has 4 aliphatic rings. The number of aliphatic hydroxyl groups excluding tert-OH is 1. The van der Waals surface area contributed by atoms with Crippen LogP contribution in [-0.2, 0) is 4.79 Å². The van der Waals surface area contributed by atoms with Crippen LogP contribution < -0.4 is 0 Å². The summed E-state index contributed by atoms with van der Waals surface area (Å²) in [6.07, 6.45) is 14.3. The number of aliphatic hydroxyl groups is 1. The summed E-state index contributed by atoms with van der Waals surface area (Å²) in [5.74, 6) is 3.30. The van der Waals surface area contributed by atoms with Gasteiger partial charge in [-0.25, -0.2) is 0 Å². The standard InChI is InChI=1S/C24H38O3/c1-15(4-9-22(26)27)19-7-8-20-18-6-5-16-14-17(25)10-12-23(16,2)21(18)11-13-24(19,20)3/h5-6,15-21,25H,4,7-14H2,1-3H3,(H,26,27)/t15?,16?,17-,18?,19?,20?,21?,23?,24?/m1/s1. The Labute approximate surface area is 164 Å². The molecule has 0 spiro atoms. The average molecular weight is 375 g/mol. The van der Waals surface area contributed by atoms with Crippen LogP contribution in [0, 0.1) is 46.3 Å². The molecule has 0 amide bonds. The third kappa shape index (κ3) is 3.09. The largest absolute Gasteiger partial charge is 0.481 e. The minimum Gasteiger partial charge on any atom is -0.481 e. The molecule has 152 valence electrons. The number of hydrogen-bond donors (Lipinski definition) is 2. The van der Waals surface area contributed by atoms with Gasteiger partial charge in [-0.2, -0.15) is 0 Å². The molecular weight excluding hydrogens is 336 g/mol. The summed E-state index contributed by atoms with van der Waals surface area (Å²) in [6.45, 7) is 7.33. The Morgan fingerprint density at radius 3 is 2.52 bits per heavy atom. The number of carbonyl (C=O) groups is 1. The van der Waals surface area contributed by atoms with E-state index in [-0.39, 0.29) is 6.10 Å². The van der Waals surface area contributed by atoms with Crippen molar-refractivity contribution in [2.45, 2.75) is 84.7 Å². The summed E-state index contributed by atoms with van der Waals surface area (Å²) in [4.78, 5) is 11.0. The molecule has 27 heavy (non-hydrogen) atoms. The van der Waals surface area contributed by atoms with Gasteiger partial charge in [0, 0.05) is 6.42 Å². The lowest BCUT2D eigenvalue weighted by Gasteiger charge is -2.59. The van der Waals surface area contributed by atoms with Crippen molar-refractivity contribution in [3.05, 3.63) is 12.2 Å². The zero-order valence-electron chi connectivity index (χ0n) is 17.4. The number of carboxylic acids is 1. The summed E-state index contributed by atoms with van der Waals surface area (Å²) in [5.41, 5.74) is 0.744. The van der Waals surface area contributed by atoms with Gasteiger partial charge in [0.05, 0.1) is 6.10 Å². The SMILES string of the molecule is CC(CCC(=O)O)C1CCC2C3C=CC4C[C@H](O)CCC4(C)C3CCC12C. The maximum absolute atomic E-state index is 11.0. The van der Waals surface area contributed by atoms with E-state index in [0.29, 0.717) is 40.9 Å². The Morgan fingerprint density at radius 1 is 1.07 bits per heavy atom. The first-order chi connectivity index (χ1) is 12.8. The first-order valence-corrected chi connectivity index (χ1v) is 11.3. The molecule has 3 fully saturated rings. The Kier molecular flexibility index (Phi) is 4.98. The molecule has 0 radical (unpaired) electrons. The van der Waals surface area contributed by atoms with Gasteiger partial charge in [-0.15, -0.1) is 0 Å². The molecule has 3 nitrogen and oxygen atoms in total. The van der Waals surface area contributed by atoms with E-state index in [1.54, 1.807) is 0 Å². The van der Waals surface area contributed by atoms with E-state index in [0.717, 1.165) is 31.1 Å². The molecule has 0 aliphatic heterocycles. The van der Waals surface area contributed by atoms with Crippen LogP contribution in [0.1, 0.15) is 78.6 Å². The number of rotatable bonds is 4. The molecule has 9 atom stereocenters. The van der Waals surface area contributed by atoms with E-state index in [1.165, 1.54) is 32.1 Å². The third-order valence-electron chi connectivity index (χ3n) is 9.71. The predicted molar refractivity (Wildman–Crippen MR) is 107 cm³/mol. The molecule has 0 aromatic rings. The Morgan fingerprint density at radius 2 is 1.78 bits per heavy atom. The highest BCUT2D eigenvalue weighted by Crippen LogP contribution is 2.66.